The first kappa shape index (κ1) is 10.8. The number of aryl methyl sites for hydroxylation is 1. The van der Waals surface area contributed by atoms with Crippen molar-refractivity contribution in [3.8, 4) is 17.0 Å². The lowest BCUT2D eigenvalue weighted by molar-refractivity contribution is 0.414. The van der Waals surface area contributed by atoms with E-state index < -0.39 is 0 Å². The van der Waals surface area contributed by atoms with Crippen molar-refractivity contribution in [3.63, 3.8) is 0 Å². The van der Waals surface area contributed by atoms with Gasteiger partial charge in [-0.2, -0.15) is 0 Å². The molecule has 2 heterocycles. The van der Waals surface area contributed by atoms with E-state index >= 15 is 0 Å². The van der Waals surface area contributed by atoms with Crippen LogP contribution in [0.4, 0.5) is 0 Å². The SMILES string of the molecule is COc1ccn2cc(-c3cccc(C)c3)nc2c1. The number of imidazole rings is 1. The van der Waals surface area contributed by atoms with Gasteiger partial charge >= 0.3 is 0 Å². The van der Waals surface area contributed by atoms with Crippen molar-refractivity contribution in [2.75, 3.05) is 7.11 Å². The third kappa shape index (κ3) is 1.84. The maximum atomic E-state index is 5.20. The van der Waals surface area contributed by atoms with E-state index in [1.54, 1.807) is 7.11 Å². The number of aromatic nitrogens is 2. The van der Waals surface area contributed by atoms with Gasteiger partial charge in [0.2, 0.25) is 0 Å². The Bertz CT molecular complexity index is 701. The quantitative estimate of drug-likeness (QED) is 0.684. The van der Waals surface area contributed by atoms with E-state index in [4.69, 9.17) is 4.74 Å². The highest BCUT2D eigenvalue weighted by atomic mass is 16.5. The normalized spacial score (nSPS) is 10.8. The van der Waals surface area contributed by atoms with Crippen LogP contribution in [0.25, 0.3) is 16.9 Å². The van der Waals surface area contributed by atoms with E-state index in [0.717, 1.165) is 22.7 Å². The summed E-state index contributed by atoms with van der Waals surface area (Å²) in [4.78, 5) is 4.62. The first-order valence-electron chi connectivity index (χ1n) is 5.86. The molecule has 0 fully saturated rings. The Morgan fingerprint density at radius 2 is 2.06 bits per heavy atom. The molecule has 0 amide bonds. The van der Waals surface area contributed by atoms with E-state index in [-0.39, 0.29) is 0 Å². The molecule has 0 radical (unpaired) electrons. The number of hydrogen-bond acceptors (Lipinski definition) is 2. The average molecular weight is 238 g/mol. The Morgan fingerprint density at radius 3 is 2.83 bits per heavy atom. The van der Waals surface area contributed by atoms with Crippen LogP contribution in [0.2, 0.25) is 0 Å². The monoisotopic (exact) mass is 238 g/mol. The molecule has 3 aromatic rings. The fourth-order valence-electron chi connectivity index (χ4n) is 2.03. The van der Waals surface area contributed by atoms with Crippen molar-refractivity contribution in [3.05, 3.63) is 54.4 Å². The van der Waals surface area contributed by atoms with Gasteiger partial charge in [0.15, 0.2) is 0 Å². The molecule has 2 aromatic heterocycles. The maximum absolute atomic E-state index is 5.20. The number of pyridine rings is 1. The number of hydrogen-bond donors (Lipinski definition) is 0. The Hall–Kier alpha value is -2.29. The van der Waals surface area contributed by atoms with E-state index in [1.165, 1.54) is 5.56 Å². The maximum Gasteiger partial charge on any atom is 0.141 e. The van der Waals surface area contributed by atoms with Crippen LogP contribution in [-0.4, -0.2) is 16.5 Å². The summed E-state index contributed by atoms with van der Waals surface area (Å²) in [6, 6.07) is 12.2. The predicted octanol–water partition coefficient (Wildman–Crippen LogP) is 3.32. The molecule has 0 aliphatic carbocycles. The molecule has 3 heteroatoms. The molecule has 0 spiro atoms. The summed E-state index contributed by atoms with van der Waals surface area (Å²) in [6.45, 7) is 2.09. The van der Waals surface area contributed by atoms with Crippen molar-refractivity contribution in [1.29, 1.82) is 0 Å². The van der Waals surface area contributed by atoms with Crippen LogP contribution in [0.1, 0.15) is 5.56 Å². The molecule has 0 bridgehead atoms. The summed E-state index contributed by atoms with van der Waals surface area (Å²) >= 11 is 0. The zero-order chi connectivity index (χ0) is 12.5. The van der Waals surface area contributed by atoms with Gasteiger partial charge in [-0.25, -0.2) is 4.98 Å². The largest absolute Gasteiger partial charge is 0.497 e. The lowest BCUT2D eigenvalue weighted by Gasteiger charge is -1.98. The number of rotatable bonds is 2. The first-order chi connectivity index (χ1) is 8.76. The van der Waals surface area contributed by atoms with Crippen molar-refractivity contribution in [1.82, 2.24) is 9.38 Å². The summed E-state index contributed by atoms with van der Waals surface area (Å²) in [7, 11) is 1.66. The van der Waals surface area contributed by atoms with E-state index in [9.17, 15) is 0 Å². The predicted molar refractivity (Wildman–Crippen MR) is 71.9 cm³/mol. The first-order valence-corrected chi connectivity index (χ1v) is 5.86. The van der Waals surface area contributed by atoms with Gasteiger partial charge < -0.3 is 9.14 Å². The molecule has 3 rings (SSSR count). The zero-order valence-electron chi connectivity index (χ0n) is 10.4. The Morgan fingerprint density at radius 1 is 1.17 bits per heavy atom. The second-order valence-corrected chi connectivity index (χ2v) is 4.33. The van der Waals surface area contributed by atoms with Crippen LogP contribution in [-0.2, 0) is 0 Å². The second-order valence-electron chi connectivity index (χ2n) is 4.33. The fraction of sp³-hybridized carbons (Fsp3) is 0.133. The van der Waals surface area contributed by atoms with Crippen molar-refractivity contribution >= 4 is 5.65 Å². The molecule has 0 aliphatic heterocycles. The molecule has 0 unspecified atom stereocenters. The lowest BCUT2D eigenvalue weighted by atomic mass is 10.1. The summed E-state index contributed by atoms with van der Waals surface area (Å²) in [5.41, 5.74) is 4.25. The van der Waals surface area contributed by atoms with Crippen molar-refractivity contribution in [2.24, 2.45) is 0 Å². The molecular weight excluding hydrogens is 224 g/mol. The van der Waals surface area contributed by atoms with Gasteiger partial charge in [0.25, 0.3) is 0 Å². The smallest absolute Gasteiger partial charge is 0.141 e. The molecule has 0 saturated carbocycles. The van der Waals surface area contributed by atoms with Gasteiger partial charge in [0.1, 0.15) is 11.4 Å². The summed E-state index contributed by atoms with van der Waals surface area (Å²) < 4.78 is 7.20. The van der Waals surface area contributed by atoms with Crippen LogP contribution >= 0.6 is 0 Å². The van der Waals surface area contributed by atoms with E-state index in [1.807, 2.05) is 28.9 Å². The second kappa shape index (κ2) is 4.18. The van der Waals surface area contributed by atoms with E-state index in [0.29, 0.717) is 0 Å². The number of methoxy groups -OCH3 is 1. The summed E-state index contributed by atoms with van der Waals surface area (Å²) in [5, 5.41) is 0. The Balaban J connectivity index is 2.13. The summed E-state index contributed by atoms with van der Waals surface area (Å²) in [5.74, 6) is 0.823. The van der Waals surface area contributed by atoms with E-state index in [2.05, 4.69) is 36.2 Å². The minimum absolute atomic E-state index is 0.823. The number of benzene rings is 1. The lowest BCUT2D eigenvalue weighted by Crippen LogP contribution is -1.86. The topological polar surface area (TPSA) is 26.5 Å². The minimum atomic E-state index is 0.823. The fourth-order valence-corrected chi connectivity index (χ4v) is 2.03. The summed E-state index contributed by atoms with van der Waals surface area (Å²) in [6.07, 6.45) is 3.99. The van der Waals surface area contributed by atoms with Crippen LogP contribution in [0.5, 0.6) is 5.75 Å². The molecule has 0 N–H and O–H groups in total. The van der Waals surface area contributed by atoms with Gasteiger partial charge in [-0.15, -0.1) is 0 Å². The highest BCUT2D eigenvalue weighted by Gasteiger charge is 2.05. The van der Waals surface area contributed by atoms with Crippen molar-refractivity contribution in [2.45, 2.75) is 6.92 Å². The number of ether oxygens (including phenoxy) is 1. The molecule has 0 saturated heterocycles. The highest BCUT2D eigenvalue weighted by molar-refractivity contribution is 5.63. The molecule has 18 heavy (non-hydrogen) atoms. The van der Waals surface area contributed by atoms with Gasteiger partial charge in [0, 0.05) is 24.0 Å². The number of fused-ring (bicyclic) bond motifs is 1. The van der Waals surface area contributed by atoms with Crippen LogP contribution in [0.15, 0.2) is 48.8 Å². The number of nitrogens with zero attached hydrogens (tertiary/aromatic N) is 2. The van der Waals surface area contributed by atoms with Gasteiger partial charge in [-0.1, -0.05) is 23.8 Å². The highest BCUT2D eigenvalue weighted by Crippen LogP contribution is 2.22. The Labute approximate surface area is 106 Å². The Kier molecular flexibility index (Phi) is 2.52. The molecule has 3 nitrogen and oxygen atoms in total. The third-order valence-electron chi connectivity index (χ3n) is 2.98. The van der Waals surface area contributed by atoms with Gasteiger partial charge in [-0.3, -0.25) is 0 Å². The van der Waals surface area contributed by atoms with Crippen LogP contribution in [0.3, 0.4) is 0 Å². The third-order valence-corrected chi connectivity index (χ3v) is 2.98. The van der Waals surface area contributed by atoms with Crippen LogP contribution in [0, 0.1) is 6.92 Å². The average Bonchev–Trinajstić information content (AvgIpc) is 2.81. The zero-order valence-corrected chi connectivity index (χ0v) is 10.4. The van der Waals surface area contributed by atoms with Gasteiger partial charge in [0.05, 0.1) is 12.8 Å². The molecule has 0 atom stereocenters. The molecule has 90 valence electrons. The van der Waals surface area contributed by atoms with Gasteiger partial charge in [-0.05, 0) is 19.1 Å². The molecule has 1 aromatic carbocycles. The minimum Gasteiger partial charge on any atom is -0.497 e. The molecule has 0 aliphatic rings. The van der Waals surface area contributed by atoms with Crippen molar-refractivity contribution < 1.29 is 4.74 Å². The molecular formula is C15H14N2O. The van der Waals surface area contributed by atoms with Crippen LogP contribution < -0.4 is 4.74 Å². The standard InChI is InChI=1S/C15H14N2O/c1-11-4-3-5-12(8-11)14-10-17-7-6-13(18-2)9-15(17)16-14/h3-10H,1-2H3.